The second kappa shape index (κ2) is 7.50. The molecule has 1 aliphatic rings. The van der Waals surface area contributed by atoms with Crippen LogP contribution in [-0.4, -0.2) is 41.3 Å². The van der Waals surface area contributed by atoms with Crippen molar-refractivity contribution >= 4 is 0 Å². The largest absolute Gasteiger partial charge is 0.508 e. The molecule has 0 saturated carbocycles. The summed E-state index contributed by atoms with van der Waals surface area (Å²) in [5.74, 6) is 0.337. The molecule has 4 nitrogen and oxygen atoms in total. The molecule has 1 atom stereocenters. The van der Waals surface area contributed by atoms with E-state index in [1.165, 1.54) is 25.3 Å². The average Bonchev–Trinajstić information content (AvgIpc) is 2.46. The van der Waals surface area contributed by atoms with Crippen LogP contribution in [0.1, 0.15) is 44.2 Å². The molecule has 0 bridgehead atoms. The Balaban J connectivity index is 2.15. The molecule has 3 N–H and O–H groups in total. The number of hydrogen-bond acceptors (Lipinski definition) is 4. The maximum Gasteiger partial charge on any atom is 0.124 e. The highest BCUT2D eigenvalue weighted by atomic mass is 16.3. The summed E-state index contributed by atoms with van der Waals surface area (Å²) in [5, 5.41) is 23.0. The number of rotatable bonds is 6. The summed E-state index contributed by atoms with van der Waals surface area (Å²) < 4.78 is 0. The predicted molar refractivity (Wildman–Crippen MR) is 81.1 cm³/mol. The molecule has 0 aromatic heterocycles. The van der Waals surface area contributed by atoms with E-state index in [9.17, 15) is 10.2 Å². The van der Waals surface area contributed by atoms with Gasteiger partial charge in [-0.2, -0.15) is 0 Å². The maximum atomic E-state index is 10.1. The van der Waals surface area contributed by atoms with E-state index >= 15 is 0 Å². The third-order valence-electron chi connectivity index (χ3n) is 4.05. The van der Waals surface area contributed by atoms with E-state index < -0.39 is 0 Å². The monoisotopic (exact) mass is 278 g/mol. The Hall–Kier alpha value is -1.26. The first-order valence-electron chi connectivity index (χ1n) is 7.69. The molecule has 0 amide bonds. The van der Waals surface area contributed by atoms with Crippen molar-refractivity contribution < 1.29 is 10.2 Å². The highest BCUT2D eigenvalue weighted by Crippen LogP contribution is 2.34. The molecule has 112 valence electrons. The lowest BCUT2D eigenvalue weighted by atomic mass is 9.97. The Kier molecular flexibility index (Phi) is 5.68. The van der Waals surface area contributed by atoms with E-state index in [-0.39, 0.29) is 17.5 Å². The fourth-order valence-electron chi connectivity index (χ4n) is 2.93. The molecular weight excluding hydrogens is 252 g/mol. The number of nitrogens with one attached hydrogen (secondary N) is 1. The van der Waals surface area contributed by atoms with Crippen molar-refractivity contribution in [3.8, 4) is 11.5 Å². The zero-order valence-electron chi connectivity index (χ0n) is 12.3. The van der Waals surface area contributed by atoms with E-state index in [2.05, 4.69) is 17.1 Å². The summed E-state index contributed by atoms with van der Waals surface area (Å²) in [6.07, 6.45) is 4.66. The number of unbranched alkanes of at least 4 members (excludes halogenated alkanes) is 2. The molecule has 1 heterocycles. The zero-order valence-corrected chi connectivity index (χ0v) is 12.3. The molecule has 1 aromatic carbocycles. The van der Waals surface area contributed by atoms with Crippen LogP contribution < -0.4 is 5.32 Å². The lowest BCUT2D eigenvalue weighted by molar-refractivity contribution is 0.160. The smallest absolute Gasteiger partial charge is 0.124 e. The number of aromatic hydroxyl groups is 2. The van der Waals surface area contributed by atoms with Crippen molar-refractivity contribution in [1.29, 1.82) is 0 Å². The molecule has 0 radical (unpaired) electrons. The molecule has 1 aromatic rings. The highest BCUT2D eigenvalue weighted by molar-refractivity contribution is 5.40. The van der Waals surface area contributed by atoms with Crippen molar-refractivity contribution in [2.24, 2.45) is 0 Å². The number of phenols is 2. The van der Waals surface area contributed by atoms with Gasteiger partial charge in [-0.3, -0.25) is 4.90 Å². The summed E-state index contributed by atoms with van der Waals surface area (Å²) >= 11 is 0. The topological polar surface area (TPSA) is 55.7 Å². The van der Waals surface area contributed by atoms with Gasteiger partial charge in [0.15, 0.2) is 0 Å². The van der Waals surface area contributed by atoms with Gasteiger partial charge < -0.3 is 15.5 Å². The second-order valence-corrected chi connectivity index (χ2v) is 5.54. The van der Waals surface area contributed by atoms with Gasteiger partial charge in [-0.15, -0.1) is 0 Å². The molecule has 0 spiro atoms. The Morgan fingerprint density at radius 2 is 1.95 bits per heavy atom. The third-order valence-corrected chi connectivity index (χ3v) is 4.05. The standard InChI is InChI=1S/C16H26N2O2/c1-2-3-4-5-15(18-10-8-17-9-11-18)14-7-6-13(19)12-16(14)20/h6-7,12,15,17,19-20H,2-5,8-11H2,1H3/t15-/m1/s1. The first-order valence-corrected chi connectivity index (χ1v) is 7.69. The van der Waals surface area contributed by atoms with Crippen molar-refractivity contribution in [3.05, 3.63) is 23.8 Å². The molecule has 1 saturated heterocycles. The van der Waals surface area contributed by atoms with Crippen LogP contribution >= 0.6 is 0 Å². The van der Waals surface area contributed by atoms with Gasteiger partial charge in [0, 0.05) is 43.9 Å². The minimum absolute atomic E-state index is 0.124. The van der Waals surface area contributed by atoms with E-state index in [1.807, 2.05) is 6.07 Å². The summed E-state index contributed by atoms with van der Waals surface area (Å²) in [5.41, 5.74) is 0.945. The predicted octanol–water partition coefficient (Wildman–Crippen LogP) is 2.62. The maximum absolute atomic E-state index is 10.1. The van der Waals surface area contributed by atoms with Crippen LogP contribution in [0.5, 0.6) is 11.5 Å². The zero-order chi connectivity index (χ0) is 14.4. The molecule has 0 aliphatic carbocycles. The Morgan fingerprint density at radius 3 is 2.60 bits per heavy atom. The Labute approximate surface area is 121 Å². The van der Waals surface area contributed by atoms with E-state index in [0.29, 0.717) is 0 Å². The number of benzene rings is 1. The summed E-state index contributed by atoms with van der Waals surface area (Å²) in [6, 6.07) is 5.24. The van der Waals surface area contributed by atoms with E-state index in [4.69, 9.17) is 0 Å². The van der Waals surface area contributed by atoms with Crippen molar-refractivity contribution in [3.63, 3.8) is 0 Å². The number of nitrogens with zero attached hydrogens (tertiary/aromatic N) is 1. The van der Waals surface area contributed by atoms with E-state index in [0.717, 1.165) is 38.2 Å². The lowest BCUT2D eigenvalue weighted by Crippen LogP contribution is -2.45. The first-order chi connectivity index (χ1) is 9.72. The van der Waals surface area contributed by atoms with Crippen LogP contribution in [0.15, 0.2) is 18.2 Å². The minimum Gasteiger partial charge on any atom is -0.508 e. The Morgan fingerprint density at radius 1 is 1.20 bits per heavy atom. The average molecular weight is 278 g/mol. The fraction of sp³-hybridized carbons (Fsp3) is 0.625. The van der Waals surface area contributed by atoms with E-state index in [1.54, 1.807) is 6.07 Å². The SMILES string of the molecule is CCCCC[C@H](c1ccc(O)cc1O)N1CCNCC1. The number of hydrogen-bond donors (Lipinski definition) is 3. The van der Waals surface area contributed by atoms with Gasteiger partial charge in [-0.1, -0.05) is 32.3 Å². The van der Waals surface area contributed by atoms with Crippen molar-refractivity contribution in [1.82, 2.24) is 10.2 Å². The van der Waals surface area contributed by atoms with Gasteiger partial charge >= 0.3 is 0 Å². The quantitative estimate of drug-likeness (QED) is 0.700. The fourth-order valence-corrected chi connectivity index (χ4v) is 2.93. The van der Waals surface area contributed by atoms with Crippen LogP contribution in [0, 0.1) is 0 Å². The van der Waals surface area contributed by atoms with Crippen LogP contribution in [0.3, 0.4) is 0 Å². The first kappa shape index (κ1) is 15.1. The van der Waals surface area contributed by atoms with Crippen molar-refractivity contribution in [2.45, 2.75) is 38.6 Å². The van der Waals surface area contributed by atoms with Gasteiger partial charge in [0.25, 0.3) is 0 Å². The van der Waals surface area contributed by atoms with Gasteiger partial charge in [-0.05, 0) is 12.5 Å². The van der Waals surface area contributed by atoms with Gasteiger partial charge in [0.1, 0.15) is 11.5 Å². The van der Waals surface area contributed by atoms with Crippen LogP contribution in [-0.2, 0) is 0 Å². The molecule has 1 aliphatic heterocycles. The highest BCUT2D eigenvalue weighted by Gasteiger charge is 2.24. The molecule has 0 unspecified atom stereocenters. The lowest BCUT2D eigenvalue weighted by Gasteiger charge is -2.35. The van der Waals surface area contributed by atoms with Gasteiger partial charge in [-0.25, -0.2) is 0 Å². The van der Waals surface area contributed by atoms with Crippen LogP contribution in [0.4, 0.5) is 0 Å². The summed E-state index contributed by atoms with van der Waals surface area (Å²) in [6.45, 7) is 6.23. The second-order valence-electron chi connectivity index (χ2n) is 5.54. The molecular formula is C16H26N2O2. The normalized spacial score (nSPS) is 18.1. The van der Waals surface area contributed by atoms with Crippen LogP contribution in [0.25, 0.3) is 0 Å². The number of phenolic OH excluding ortho intramolecular Hbond substituents is 2. The summed E-state index contributed by atoms with van der Waals surface area (Å²) in [4.78, 5) is 2.44. The number of piperazine rings is 1. The van der Waals surface area contributed by atoms with Crippen LogP contribution in [0.2, 0.25) is 0 Å². The third kappa shape index (κ3) is 3.87. The molecule has 1 fully saturated rings. The molecule has 20 heavy (non-hydrogen) atoms. The molecule has 2 rings (SSSR count). The van der Waals surface area contributed by atoms with Gasteiger partial charge in [0.05, 0.1) is 0 Å². The summed E-state index contributed by atoms with van der Waals surface area (Å²) in [7, 11) is 0. The minimum atomic E-state index is 0.124. The van der Waals surface area contributed by atoms with Gasteiger partial charge in [0.2, 0.25) is 0 Å². The Bertz CT molecular complexity index is 417. The van der Waals surface area contributed by atoms with Crippen molar-refractivity contribution in [2.75, 3.05) is 26.2 Å². The molecule has 4 heteroatoms.